The van der Waals surface area contributed by atoms with Crippen LogP contribution in [0.5, 0.6) is 0 Å². The zero-order chi connectivity index (χ0) is 15.8. The number of nitrogens with zero attached hydrogens (tertiary/aromatic N) is 2. The van der Waals surface area contributed by atoms with Crippen LogP contribution in [0.2, 0.25) is 0 Å². The van der Waals surface area contributed by atoms with Crippen LogP contribution in [0.15, 0.2) is 36.7 Å². The van der Waals surface area contributed by atoms with E-state index >= 15 is 0 Å². The molecule has 0 bridgehead atoms. The zero-order valence-corrected chi connectivity index (χ0v) is 12.2. The number of carbonyl (C=O) groups excluding carboxylic acids is 1. The molecule has 0 saturated carbocycles. The Labute approximate surface area is 127 Å². The molecule has 1 aromatic heterocycles. The summed E-state index contributed by atoms with van der Waals surface area (Å²) in [6, 6.07) is 5.94. The second-order valence-corrected chi connectivity index (χ2v) is 4.52. The van der Waals surface area contributed by atoms with Crippen molar-refractivity contribution in [1.82, 2.24) is 15.3 Å². The molecule has 1 aromatic carbocycles. The summed E-state index contributed by atoms with van der Waals surface area (Å²) in [5.74, 6) is -0.153. The number of ether oxygens (including phenoxy) is 1. The van der Waals surface area contributed by atoms with Gasteiger partial charge in [-0.25, -0.2) is 14.4 Å². The molecule has 0 aliphatic rings. The number of rotatable bonds is 7. The number of anilines is 1. The molecule has 2 rings (SSSR count). The van der Waals surface area contributed by atoms with Gasteiger partial charge in [-0.2, -0.15) is 0 Å². The van der Waals surface area contributed by atoms with Crippen molar-refractivity contribution in [3.8, 4) is 0 Å². The quantitative estimate of drug-likeness (QED) is 0.760. The standard InChI is InChI=1S/C15H17FN4O2/c1-22-7-6-17-15-19-9-12(10-20-15)14(21)18-8-11-2-4-13(16)5-3-11/h2-5,9-10H,6-8H2,1H3,(H,18,21)(H,17,19,20). The first-order valence-electron chi connectivity index (χ1n) is 6.76. The molecule has 0 radical (unpaired) electrons. The van der Waals surface area contributed by atoms with E-state index in [4.69, 9.17) is 4.74 Å². The van der Waals surface area contributed by atoms with E-state index in [1.807, 2.05) is 0 Å². The van der Waals surface area contributed by atoms with E-state index in [-0.39, 0.29) is 11.7 Å². The molecule has 116 valence electrons. The SMILES string of the molecule is COCCNc1ncc(C(=O)NCc2ccc(F)cc2)cn1. The number of methoxy groups -OCH3 is 1. The van der Waals surface area contributed by atoms with Crippen LogP contribution in [0.1, 0.15) is 15.9 Å². The van der Waals surface area contributed by atoms with Gasteiger partial charge in [0.1, 0.15) is 5.82 Å². The number of nitrogens with one attached hydrogen (secondary N) is 2. The summed E-state index contributed by atoms with van der Waals surface area (Å²) in [5, 5.41) is 5.69. The Hall–Kier alpha value is -2.54. The van der Waals surface area contributed by atoms with Crippen molar-refractivity contribution in [2.24, 2.45) is 0 Å². The number of aromatic nitrogens is 2. The number of amides is 1. The van der Waals surface area contributed by atoms with Crippen molar-refractivity contribution in [3.63, 3.8) is 0 Å². The van der Waals surface area contributed by atoms with E-state index in [9.17, 15) is 9.18 Å². The van der Waals surface area contributed by atoms with Crippen LogP contribution in [-0.2, 0) is 11.3 Å². The number of hydrogen-bond donors (Lipinski definition) is 2. The molecule has 1 heterocycles. The lowest BCUT2D eigenvalue weighted by Crippen LogP contribution is -2.23. The molecule has 7 heteroatoms. The molecular formula is C15H17FN4O2. The third-order valence-corrected chi connectivity index (χ3v) is 2.87. The largest absolute Gasteiger partial charge is 0.383 e. The van der Waals surface area contributed by atoms with Crippen molar-refractivity contribution < 1.29 is 13.9 Å². The van der Waals surface area contributed by atoms with Crippen LogP contribution in [0, 0.1) is 5.82 Å². The van der Waals surface area contributed by atoms with Gasteiger partial charge in [0, 0.05) is 32.6 Å². The highest BCUT2D eigenvalue weighted by Crippen LogP contribution is 2.04. The highest BCUT2D eigenvalue weighted by Gasteiger charge is 2.07. The summed E-state index contributed by atoms with van der Waals surface area (Å²) in [4.78, 5) is 20.1. The van der Waals surface area contributed by atoms with Crippen molar-refractivity contribution in [2.45, 2.75) is 6.54 Å². The minimum Gasteiger partial charge on any atom is -0.383 e. The molecular weight excluding hydrogens is 287 g/mol. The fourth-order valence-corrected chi connectivity index (χ4v) is 1.69. The van der Waals surface area contributed by atoms with Crippen LogP contribution in [0.4, 0.5) is 10.3 Å². The molecule has 2 aromatic rings. The molecule has 0 unspecified atom stereocenters. The molecule has 0 saturated heterocycles. The zero-order valence-electron chi connectivity index (χ0n) is 12.2. The summed E-state index contributed by atoms with van der Waals surface area (Å²) >= 11 is 0. The Kier molecular flexibility index (Phi) is 5.79. The lowest BCUT2D eigenvalue weighted by Gasteiger charge is -2.06. The minimum absolute atomic E-state index is 0.284. The molecule has 0 aliphatic heterocycles. The third kappa shape index (κ3) is 4.78. The Morgan fingerprint density at radius 2 is 1.91 bits per heavy atom. The molecule has 1 amide bonds. The smallest absolute Gasteiger partial charge is 0.254 e. The van der Waals surface area contributed by atoms with Gasteiger partial charge in [-0.15, -0.1) is 0 Å². The van der Waals surface area contributed by atoms with Crippen LogP contribution in [-0.4, -0.2) is 36.1 Å². The van der Waals surface area contributed by atoms with Gasteiger partial charge in [0.2, 0.25) is 5.95 Å². The van der Waals surface area contributed by atoms with Gasteiger partial charge in [0.05, 0.1) is 12.2 Å². The fourth-order valence-electron chi connectivity index (χ4n) is 1.69. The van der Waals surface area contributed by atoms with Crippen LogP contribution in [0.25, 0.3) is 0 Å². The first-order chi connectivity index (χ1) is 10.7. The average molecular weight is 304 g/mol. The fraction of sp³-hybridized carbons (Fsp3) is 0.267. The average Bonchev–Trinajstić information content (AvgIpc) is 2.55. The summed E-state index contributed by atoms with van der Waals surface area (Å²) in [6.45, 7) is 1.45. The van der Waals surface area contributed by atoms with E-state index in [0.29, 0.717) is 31.2 Å². The van der Waals surface area contributed by atoms with E-state index in [1.165, 1.54) is 24.5 Å². The van der Waals surface area contributed by atoms with E-state index in [2.05, 4.69) is 20.6 Å². The number of halogens is 1. The highest BCUT2D eigenvalue weighted by molar-refractivity contribution is 5.93. The van der Waals surface area contributed by atoms with Gasteiger partial charge >= 0.3 is 0 Å². The molecule has 22 heavy (non-hydrogen) atoms. The van der Waals surface area contributed by atoms with Crippen molar-refractivity contribution in [2.75, 3.05) is 25.6 Å². The molecule has 0 fully saturated rings. The summed E-state index contributed by atoms with van der Waals surface area (Å²) < 4.78 is 17.7. The Morgan fingerprint density at radius 3 is 2.55 bits per heavy atom. The molecule has 0 aliphatic carbocycles. The third-order valence-electron chi connectivity index (χ3n) is 2.87. The van der Waals surface area contributed by atoms with E-state index in [0.717, 1.165) is 5.56 Å². The predicted octanol–water partition coefficient (Wildman–Crippen LogP) is 1.60. The van der Waals surface area contributed by atoms with Gasteiger partial charge < -0.3 is 15.4 Å². The highest BCUT2D eigenvalue weighted by atomic mass is 19.1. The van der Waals surface area contributed by atoms with Gasteiger partial charge in [-0.1, -0.05) is 12.1 Å². The van der Waals surface area contributed by atoms with Crippen LogP contribution < -0.4 is 10.6 Å². The Bertz CT molecular complexity index is 602. The van der Waals surface area contributed by atoms with Crippen molar-refractivity contribution >= 4 is 11.9 Å². The van der Waals surface area contributed by atoms with Crippen molar-refractivity contribution in [3.05, 3.63) is 53.6 Å². The molecule has 0 atom stereocenters. The van der Waals surface area contributed by atoms with Gasteiger partial charge in [0.25, 0.3) is 5.91 Å². The molecule has 2 N–H and O–H groups in total. The second kappa shape index (κ2) is 8.04. The van der Waals surface area contributed by atoms with Crippen LogP contribution >= 0.6 is 0 Å². The minimum atomic E-state index is -0.306. The second-order valence-electron chi connectivity index (χ2n) is 4.52. The van der Waals surface area contributed by atoms with Crippen LogP contribution in [0.3, 0.4) is 0 Å². The Morgan fingerprint density at radius 1 is 1.23 bits per heavy atom. The summed E-state index contributed by atoms with van der Waals surface area (Å²) in [6.07, 6.45) is 2.89. The molecule has 6 nitrogen and oxygen atoms in total. The van der Waals surface area contributed by atoms with E-state index in [1.54, 1.807) is 19.2 Å². The van der Waals surface area contributed by atoms with Crippen molar-refractivity contribution in [1.29, 1.82) is 0 Å². The van der Waals surface area contributed by atoms with Gasteiger partial charge in [-0.05, 0) is 17.7 Å². The lowest BCUT2D eigenvalue weighted by atomic mass is 10.2. The molecule has 0 spiro atoms. The monoisotopic (exact) mass is 304 g/mol. The topological polar surface area (TPSA) is 76.1 Å². The van der Waals surface area contributed by atoms with E-state index < -0.39 is 0 Å². The maximum atomic E-state index is 12.8. The van der Waals surface area contributed by atoms with Gasteiger partial charge in [-0.3, -0.25) is 4.79 Å². The number of carbonyl (C=O) groups is 1. The number of hydrogen-bond acceptors (Lipinski definition) is 5. The lowest BCUT2D eigenvalue weighted by molar-refractivity contribution is 0.0950. The summed E-state index contributed by atoms with van der Waals surface area (Å²) in [5.41, 5.74) is 1.17. The summed E-state index contributed by atoms with van der Waals surface area (Å²) in [7, 11) is 1.61. The maximum Gasteiger partial charge on any atom is 0.254 e. The number of benzene rings is 1. The first-order valence-corrected chi connectivity index (χ1v) is 6.76. The normalized spacial score (nSPS) is 10.3. The predicted molar refractivity (Wildman–Crippen MR) is 80.0 cm³/mol. The Balaban J connectivity index is 1.85. The van der Waals surface area contributed by atoms with Gasteiger partial charge in [0.15, 0.2) is 0 Å². The maximum absolute atomic E-state index is 12.8. The first kappa shape index (κ1) is 15.8.